The Hall–Kier alpha value is -3.19. The Morgan fingerprint density at radius 3 is 2.71 bits per heavy atom. The molecule has 0 bridgehead atoms. The number of benzene rings is 2. The van der Waals surface area contributed by atoms with E-state index in [1.807, 2.05) is 37.3 Å². The highest BCUT2D eigenvalue weighted by Gasteiger charge is 2.02. The number of aromatic nitrogens is 3. The summed E-state index contributed by atoms with van der Waals surface area (Å²) in [6.07, 6.45) is 1.51. The zero-order valence-electron chi connectivity index (χ0n) is 16.1. The van der Waals surface area contributed by atoms with Crippen LogP contribution in [0, 0.1) is 0 Å². The molecule has 28 heavy (non-hydrogen) atoms. The molecule has 3 rings (SSSR count). The summed E-state index contributed by atoms with van der Waals surface area (Å²) >= 11 is 0. The Labute approximate surface area is 165 Å². The van der Waals surface area contributed by atoms with Crippen LogP contribution in [0.4, 0.5) is 0 Å². The highest BCUT2D eigenvalue weighted by molar-refractivity contribution is 5.79. The van der Waals surface area contributed by atoms with Gasteiger partial charge in [0.2, 0.25) is 0 Å². The maximum Gasteiger partial charge on any atom is 0.191 e. The Morgan fingerprint density at radius 2 is 1.93 bits per heavy atom. The van der Waals surface area contributed by atoms with E-state index in [1.165, 1.54) is 11.9 Å². The Balaban J connectivity index is 1.48. The second kappa shape index (κ2) is 10.8. The lowest BCUT2D eigenvalue weighted by molar-refractivity contribution is 0.125. The van der Waals surface area contributed by atoms with Crippen molar-refractivity contribution < 1.29 is 4.74 Å². The highest BCUT2D eigenvalue weighted by Crippen LogP contribution is 2.15. The molecule has 0 saturated carbocycles. The minimum atomic E-state index is 0.572. The second-order valence-corrected chi connectivity index (χ2v) is 6.19. The predicted octanol–water partition coefficient (Wildman–Crippen LogP) is 2.74. The van der Waals surface area contributed by atoms with Crippen molar-refractivity contribution in [1.29, 1.82) is 0 Å². The van der Waals surface area contributed by atoms with Gasteiger partial charge in [-0.3, -0.25) is 5.10 Å². The van der Waals surface area contributed by atoms with Gasteiger partial charge in [0.05, 0.1) is 19.8 Å². The molecule has 0 saturated heterocycles. The molecule has 0 aliphatic rings. The third-order valence-electron chi connectivity index (χ3n) is 4.03. The van der Waals surface area contributed by atoms with Crippen LogP contribution in [-0.4, -0.2) is 40.8 Å². The molecule has 0 amide bonds. The number of rotatable bonds is 9. The van der Waals surface area contributed by atoms with Crippen LogP contribution in [0.1, 0.15) is 18.1 Å². The summed E-state index contributed by atoms with van der Waals surface area (Å²) < 4.78 is 5.71. The van der Waals surface area contributed by atoms with Crippen LogP contribution in [-0.2, 0) is 17.9 Å². The van der Waals surface area contributed by atoms with E-state index < -0.39 is 0 Å². The first-order chi connectivity index (χ1) is 13.8. The highest BCUT2D eigenvalue weighted by atomic mass is 16.5. The summed E-state index contributed by atoms with van der Waals surface area (Å²) in [4.78, 5) is 8.85. The Kier molecular flexibility index (Phi) is 7.57. The molecule has 0 unspecified atom stereocenters. The molecule has 1 aromatic heterocycles. The molecule has 0 radical (unpaired) electrons. The monoisotopic (exact) mass is 378 g/mol. The molecule has 0 aliphatic carbocycles. The zero-order valence-corrected chi connectivity index (χ0v) is 16.1. The fraction of sp³-hybridized carbons (Fsp3) is 0.286. The van der Waals surface area contributed by atoms with E-state index in [4.69, 9.17) is 4.74 Å². The molecule has 7 heteroatoms. The summed E-state index contributed by atoms with van der Waals surface area (Å²) in [6, 6.07) is 18.3. The molecular formula is C21H26N6O. The second-order valence-electron chi connectivity index (χ2n) is 6.19. The molecule has 146 valence electrons. The standard InChI is InChI=1S/C21H26N6O/c1-2-22-21(23-11-12-28-15-17-7-4-3-5-8-17)24-14-18-9-6-10-19(13-18)20-25-16-26-27-20/h3-10,13,16H,2,11-12,14-15H2,1H3,(H2,22,23,24)(H,25,26,27). The number of H-pyrrole nitrogens is 1. The number of ether oxygens (including phenoxy) is 1. The van der Waals surface area contributed by atoms with E-state index >= 15 is 0 Å². The molecule has 0 spiro atoms. The van der Waals surface area contributed by atoms with Gasteiger partial charge in [0.25, 0.3) is 0 Å². The van der Waals surface area contributed by atoms with E-state index in [2.05, 4.69) is 55.1 Å². The van der Waals surface area contributed by atoms with Gasteiger partial charge in [-0.05, 0) is 24.1 Å². The summed E-state index contributed by atoms with van der Waals surface area (Å²) in [5.41, 5.74) is 3.28. The lowest BCUT2D eigenvalue weighted by atomic mass is 10.1. The summed E-state index contributed by atoms with van der Waals surface area (Å²) in [7, 11) is 0. The van der Waals surface area contributed by atoms with E-state index in [1.54, 1.807) is 0 Å². The first kappa shape index (κ1) is 19.6. The number of guanidine groups is 1. The van der Waals surface area contributed by atoms with Gasteiger partial charge < -0.3 is 15.4 Å². The zero-order chi connectivity index (χ0) is 19.4. The third kappa shape index (κ3) is 6.21. The van der Waals surface area contributed by atoms with Crippen molar-refractivity contribution in [2.24, 2.45) is 4.99 Å². The lowest BCUT2D eigenvalue weighted by Crippen LogP contribution is -2.38. The molecular weight excluding hydrogens is 352 g/mol. The number of aliphatic imine (C=N–C) groups is 1. The Bertz CT molecular complexity index is 848. The molecule has 0 aliphatic heterocycles. The maximum atomic E-state index is 5.71. The van der Waals surface area contributed by atoms with Crippen molar-refractivity contribution in [2.75, 3.05) is 19.7 Å². The third-order valence-corrected chi connectivity index (χ3v) is 4.03. The van der Waals surface area contributed by atoms with E-state index in [-0.39, 0.29) is 0 Å². The summed E-state index contributed by atoms with van der Waals surface area (Å²) in [5, 5.41) is 13.3. The molecule has 2 aromatic carbocycles. The van der Waals surface area contributed by atoms with Crippen molar-refractivity contribution in [3.8, 4) is 11.4 Å². The lowest BCUT2D eigenvalue weighted by Gasteiger charge is -2.12. The van der Waals surface area contributed by atoms with Gasteiger partial charge in [0.1, 0.15) is 6.33 Å². The van der Waals surface area contributed by atoms with Gasteiger partial charge in [-0.2, -0.15) is 5.10 Å². The Morgan fingerprint density at radius 1 is 1.07 bits per heavy atom. The summed E-state index contributed by atoms with van der Waals surface area (Å²) in [5.74, 6) is 1.53. The average molecular weight is 378 g/mol. The topological polar surface area (TPSA) is 87.2 Å². The average Bonchev–Trinajstić information content (AvgIpc) is 3.28. The first-order valence-corrected chi connectivity index (χ1v) is 9.43. The van der Waals surface area contributed by atoms with Crippen LogP contribution >= 0.6 is 0 Å². The van der Waals surface area contributed by atoms with Crippen LogP contribution in [0.3, 0.4) is 0 Å². The molecule has 1 heterocycles. The number of hydrogen-bond acceptors (Lipinski definition) is 4. The van der Waals surface area contributed by atoms with Crippen molar-refractivity contribution in [1.82, 2.24) is 25.8 Å². The number of nitrogens with one attached hydrogen (secondary N) is 3. The molecule has 0 fully saturated rings. The van der Waals surface area contributed by atoms with Crippen LogP contribution in [0.5, 0.6) is 0 Å². The van der Waals surface area contributed by atoms with Crippen molar-refractivity contribution in [2.45, 2.75) is 20.1 Å². The first-order valence-electron chi connectivity index (χ1n) is 9.43. The summed E-state index contributed by atoms with van der Waals surface area (Å²) in [6.45, 7) is 5.34. The minimum absolute atomic E-state index is 0.572. The maximum absolute atomic E-state index is 5.71. The molecule has 7 nitrogen and oxygen atoms in total. The minimum Gasteiger partial charge on any atom is -0.375 e. The smallest absolute Gasteiger partial charge is 0.191 e. The van der Waals surface area contributed by atoms with Crippen LogP contribution in [0.2, 0.25) is 0 Å². The van der Waals surface area contributed by atoms with Crippen molar-refractivity contribution in [3.63, 3.8) is 0 Å². The van der Waals surface area contributed by atoms with E-state index in [0.717, 1.165) is 29.5 Å². The van der Waals surface area contributed by atoms with Crippen molar-refractivity contribution in [3.05, 3.63) is 72.1 Å². The van der Waals surface area contributed by atoms with Crippen LogP contribution < -0.4 is 10.6 Å². The van der Waals surface area contributed by atoms with Gasteiger partial charge in [-0.15, -0.1) is 0 Å². The van der Waals surface area contributed by atoms with Crippen LogP contribution in [0.25, 0.3) is 11.4 Å². The van der Waals surface area contributed by atoms with Crippen LogP contribution in [0.15, 0.2) is 65.9 Å². The quantitative estimate of drug-likeness (QED) is 0.303. The predicted molar refractivity (Wildman–Crippen MR) is 111 cm³/mol. The SMILES string of the molecule is CCNC(=NCc1cccc(-c2ncn[nH]2)c1)NCCOCc1ccccc1. The fourth-order valence-corrected chi connectivity index (χ4v) is 2.68. The van der Waals surface area contributed by atoms with Gasteiger partial charge in [0, 0.05) is 18.7 Å². The van der Waals surface area contributed by atoms with E-state index in [9.17, 15) is 0 Å². The van der Waals surface area contributed by atoms with Crippen molar-refractivity contribution >= 4 is 5.96 Å². The van der Waals surface area contributed by atoms with E-state index in [0.29, 0.717) is 26.3 Å². The molecule has 3 aromatic rings. The van der Waals surface area contributed by atoms with Gasteiger partial charge in [-0.25, -0.2) is 9.98 Å². The normalized spacial score (nSPS) is 11.4. The molecule has 3 N–H and O–H groups in total. The number of hydrogen-bond donors (Lipinski definition) is 3. The van der Waals surface area contributed by atoms with Gasteiger partial charge >= 0.3 is 0 Å². The number of nitrogens with zero attached hydrogens (tertiary/aromatic N) is 3. The largest absolute Gasteiger partial charge is 0.375 e. The molecule has 0 atom stereocenters. The number of aromatic amines is 1. The fourth-order valence-electron chi connectivity index (χ4n) is 2.68. The van der Waals surface area contributed by atoms with Gasteiger partial charge in [0.15, 0.2) is 11.8 Å². The van der Waals surface area contributed by atoms with Gasteiger partial charge in [-0.1, -0.05) is 48.5 Å².